The normalized spacial score (nSPS) is 11.3. The fraction of sp³-hybridized carbons (Fsp3) is 0.103. The molecule has 229 valence electrons. The number of hydrogen-bond acceptors (Lipinski definition) is 4. The van der Waals surface area contributed by atoms with Crippen LogP contribution in [0.2, 0.25) is 0 Å². The molecule has 0 N–H and O–H groups in total. The van der Waals surface area contributed by atoms with Crippen molar-refractivity contribution in [3.8, 4) is 28.3 Å². The predicted octanol–water partition coefficient (Wildman–Crippen LogP) is 9.77. The van der Waals surface area contributed by atoms with Crippen LogP contribution in [0.5, 0.6) is 0 Å². The van der Waals surface area contributed by atoms with E-state index in [0.29, 0.717) is 27.9 Å². The van der Waals surface area contributed by atoms with Gasteiger partial charge in [0.25, 0.3) is 0 Å². The first-order chi connectivity index (χ1) is 21.9. The molecule has 0 saturated carbocycles. The number of aromatic nitrogens is 4. The number of hydrogen-bond donors (Lipinski definition) is 0. The molecule has 0 aliphatic heterocycles. The predicted molar refractivity (Wildman–Crippen MR) is 178 cm³/mol. The van der Waals surface area contributed by atoms with Crippen molar-refractivity contribution < 1.29 is 28.9 Å². The number of furan rings is 1. The molecule has 4 heterocycles. The Morgan fingerprint density at radius 2 is 1.54 bits per heavy atom. The third-order valence-electron chi connectivity index (χ3n) is 7.57. The summed E-state index contributed by atoms with van der Waals surface area (Å²) in [6, 6.07) is 40.7. The summed E-state index contributed by atoms with van der Waals surface area (Å²) in [5.74, 6) is 0.275. The third kappa shape index (κ3) is 5.76. The Balaban J connectivity index is 0.000000241. The van der Waals surface area contributed by atoms with Gasteiger partial charge in [-0.25, -0.2) is 0 Å². The van der Waals surface area contributed by atoms with Gasteiger partial charge < -0.3 is 14.0 Å². The topological polar surface area (TPSA) is 56.7 Å². The van der Waals surface area contributed by atoms with Crippen LogP contribution < -0.4 is 0 Å². The van der Waals surface area contributed by atoms with E-state index in [1.807, 2.05) is 103 Å². The van der Waals surface area contributed by atoms with E-state index in [2.05, 4.69) is 42.5 Å². The van der Waals surface area contributed by atoms with E-state index >= 15 is 0 Å². The SMILES string of the molecule is CC(C)(C)c1nccc2nc(-c3[c-]cc(F)c4c3oc3ccccc34)n(-c3ccccc3)c12.[Ir].[c-]1ccccc1-c1ccccn1. The Morgan fingerprint density at radius 1 is 0.783 bits per heavy atom. The molecule has 4 aromatic carbocycles. The summed E-state index contributed by atoms with van der Waals surface area (Å²) in [7, 11) is 0. The van der Waals surface area contributed by atoms with Crippen molar-refractivity contribution in [1.82, 2.24) is 19.5 Å². The standard InChI is InChI=1S/C28H21FN3O.C11H8N.Ir/c1-28(2,3)26-24-21(15-16-30-26)31-27(32(24)17-9-5-4-6-10-17)19-13-14-20(29)23-18-11-7-8-12-22(18)33-25(19)23;1-2-6-10(7-3-1)11-8-4-5-9-12-11;/h4-12,14-16H,1-3H3;1-6,8-9H;/q2*-1;. The van der Waals surface area contributed by atoms with Crippen molar-refractivity contribution >= 4 is 33.0 Å². The summed E-state index contributed by atoms with van der Waals surface area (Å²) < 4.78 is 23.2. The second-order valence-corrected chi connectivity index (χ2v) is 11.7. The second-order valence-electron chi connectivity index (χ2n) is 11.7. The number of fused-ring (bicyclic) bond motifs is 4. The maximum atomic E-state index is 15.0. The molecule has 5 nitrogen and oxygen atoms in total. The van der Waals surface area contributed by atoms with E-state index in [1.54, 1.807) is 12.4 Å². The molecule has 4 aromatic heterocycles. The Kier molecular flexibility index (Phi) is 8.63. The average Bonchev–Trinajstić information content (AvgIpc) is 3.66. The number of para-hydroxylation sites is 2. The molecule has 0 aliphatic rings. The molecule has 0 unspecified atom stereocenters. The summed E-state index contributed by atoms with van der Waals surface area (Å²) in [6.07, 6.45) is 3.58. The Hall–Kier alpha value is -4.97. The first-order valence-electron chi connectivity index (χ1n) is 14.7. The molecule has 7 heteroatoms. The van der Waals surface area contributed by atoms with Crippen LogP contribution in [0.1, 0.15) is 26.5 Å². The molecule has 0 spiro atoms. The van der Waals surface area contributed by atoms with E-state index in [4.69, 9.17) is 14.4 Å². The van der Waals surface area contributed by atoms with E-state index < -0.39 is 0 Å². The zero-order chi connectivity index (χ0) is 31.0. The van der Waals surface area contributed by atoms with Crippen LogP contribution in [0.4, 0.5) is 4.39 Å². The molecule has 46 heavy (non-hydrogen) atoms. The molecule has 8 rings (SSSR count). The largest absolute Gasteiger partial charge is 0.500 e. The van der Waals surface area contributed by atoms with Crippen LogP contribution >= 0.6 is 0 Å². The minimum absolute atomic E-state index is 0. The number of rotatable bonds is 3. The van der Waals surface area contributed by atoms with Gasteiger partial charge in [0.1, 0.15) is 5.58 Å². The number of halogens is 1. The van der Waals surface area contributed by atoms with Gasteiger partial charge in [-0.2, -0.15) is 0 Å². The Labute approximate surface area is 280 Å². The zero-order valence-electron chi connectivity index (χ0n) is 25.5. The van der Waals surface area contributed by atoms with Crippen LogP contribution in [0.3, 0.4) is 0 Å². The van der Waals surface area contributed by atoms with Crippen LogP contribution in [-0.4, -0.2) is 19.5 Å². The van der Waals surface area contributed by atoms with Gasteiger partial charge in [0, 0.05) is 54.8 Å². The van der Waals surface area contributed by atoms with Crippen molar-refractivity contribution in [1.29, 1.82) is 0 Å². The van der Waals surface area contributed by atoms with Crippen LogP contribution in [0.15, 0.2) is 126 Å². The molecule has 0 atom stereocenters. The first-order valence-corrected chi connectivity index (χ1v) is 14.7. The summed E-state index contributed by atoms with van der Waals surface area (Å²) in [4.78, 5) is 13.9. The molecule has 0 bridgehead atoms. The third-order valence-corrected chi connectivity index (χ3v) is 7.57. The summed E-state index contributed by atoms with van der Waals surface area (Å²) in [5.41, 5.74) is 7.11. The monoisotopic (exact) mass is 781 g/mol. The Bertz CT molecular complexity index is 2220. The molecular formula is C39H29FIrN4O-2. The minimum Gasteiger partial charge on any atom is -0.500 e. The quantitative estimate of drug-likeness (QED) is 0.168. The van der Waals surface area contributed by atoms with Crippen LogP contribution in [-0.2, 0) is 25.5 Å². The average molecular weight is 781 g/mol. The number of nitrogens with zero attached hydrogens (tertiary/aromatic N) is 4. The smallest absolute Gasteiger partial charge is 0.121 e. The zero-order valence-corrected chi connectivity index (χ0v) is 27.9. The van der Waals surface area contributed by atoms with Crippen LogP contribution in [0, 0.1) is 17.9 Å². The first kappa shape index (κ1) is 31.0. The Morgan fingerprint density at radius 3 is 2.28 bits per heavy atom. The molecule has 0 amide bonds. The maximum Gasteiger partial charge on any atom is 0.121 e. The van der Waals surface area contributed by atoms with Gasteiger partial charge in [-0.05, 0) is 41.4 Å². The minimum atomic E-state index is -0.363. The summed E-state index contributed by atoms with van der Waals surface area (Å²) >= 11 is 0. The molecule has 0 aliphatic carbocycles. The van der Waals surface area contributed by atoms with Gasteiger partial charge in [-0.3, -0.25) is 14.4 Å². The second kappa shape index (κ2) is 12.8. The van der Waals surface area contributed by atoms with E-state index in [1.165, 1.54) is 6.07 Å². The van der Waals surface area contributed by atoms with Crippen molar-refractivity contribution in [3.63, 3.8) is 0 Å². The fourth-order valence-corrected chi connectivity index (χ4v) is 5.54. The van der Waals surface area contributed by atoms with Gasteiger partial charge in [0.05, 0.1) is 28.1 Å². The van der Waals surface area contributed by atoms with Crippen molar-refractivity contribution in [2.45, 2.75) is 26.2 Å². The van der Waals surface area contributed by atoms with Gasteiger partial charge in [0.15, 0.2) is 0 Å². The van der Waals surface area contributed by atoms with Crippen LogP contribution in [0.25, 0.3) is 61.3 Å². The van der Waals surface area contributed by atoms with E-state index in [9.17, 15) is 4.39 Å². The van der Waals surface area contributed by atoms with Crippen molar-refractivity contribution in [3.05, 3.63) is 145 Å². The van der Waals surface area contributed by atoms with Gasteiger partial charge >= 0.3 is 0 Å². The fourth-order valence-electron chi connectivity index (χ4n) is 5.54. The van der Waals surface area contributed by atoms with E-state index in [-0.39, 0.29) is 31.3 Å². The molecular weight excluding hydrogens is 752 g/mol. The van der Waals surface area contributed by atoms with Crippen molar-refractivity contribution in [2.24, 2.45) is 0 Å². The van der Waals surface area contributed by atoms with Gasteiger partial charge in [-0.1, -0.05) is 74.9 Å². The number of benzene rings is 4. The maximum absolute atomic E-state index is 15.0. The van der Waals surface area contributed by atoms with Gasteiger partial charge in [-0.15, -0.1) is 48.0 Å². The summed E-state index contributed by atoms with van der Waals surface area (Å²) in [5, 5.41) is 1.18. The van der Waals surface area contributed by atoms with Crippen molar-refractivity contribution in [2.75, 3.05) is 0 Å². The van der Waals surface area contributed by atoms with Gasteiger partial charge in [0.2, 0.25) is 0 Å². The molecule has 0 saturated heterocycles. The molecule has 1 radical (unpaired) electrons. The molecule has 8 aromatic rings. The number of pyridine rings is 2. The number of imidazole rings is 1. The molecule has 0 fully saturated rings. The van der Waals surface area contributed by atoms with E-state index in [0.717, 1.165) is 39.1 Å². The summed E-state index contributed by atoms with van der Waals surface area (Å²) in [6.45, 7) is 6.41.